The van der Waals surface area contributed by atoms with Gasteiger partial charge in [0.25, 0.3) is 0 Å². The number of hydrogen-bond donors (Lipinski definition) is 0. The molecule has 0 atom stereocenters. The molecule has 0 saturated carbocycles. The normalized spacial score (nSPS) is 14.6. The molecule has 0 unspecified atom stereocenters. The molecule has 0 amide bonds. The van der Waals surface area contributed by atoms with Gasteiger partial charge in [0, 0.05) is 45.4 Å². The van der Waals surface area contributed by atoms with Crippen LogP contribution in [0.25, 0.3) is 44.2 Å². The molecule has 9 heteroatoms. The molecule has 13 rings (SSSR count). The second kappa shape index (κ2) is 14.5. The Balaban J connectivity index is 1.20. The lowest BCUT2D eigenvalue weighted by Crippen LogP contribution is -2.60. The number of hydrogen-bond acceptors (Lipinski definition) is 8. The number of ether oxygens (including phenoxy) is 4. The quantitative estimate of drug-likeness (QED) is 0.158. The Kier molecular flexibility index (Phi) is 8.68. The average Bonchev–Trinajstić information content (AvgIpc) is 4.15. The fourth-order valence-electron chi connectivity index (χ4n) is 10.7. The van der Waals surface area contributed by atoms with Crippen molar-refractivity contribution in [1.82, 2.24) is 0 Å². The molecular formula is C59H51BN2O6. The molecule has 8 nitrogen and oxygen atoms in total. The van der Waals surface area contributed by atoms with Gasteiger partial charge in [-0.2, -0.15) is 0 Å². The van der Waals surface area contributed by atoms with E-state index in [2.05, 4.69) is 199 Å². The van der Waals surface area contributed by atoms with Gasteiger partial charge in [0.1, 0.15) is 22.5 Å². The summed E-state index contributed by atoms with van der Waals surface area (Å²) in [5, 5.41) is 2.06. The maximum Gasteiger partial charge on any atom is 0.342 e. The van der Waals surface area contributed by atoms with Crippen molar-refractivity contribution in [3.05, 3.63) is 150 Å². The smallest absolute Gasteiger partial charge is 0.342 e. The summed E-state index contributed by atoms with van der Waals surface area (Å²) < 4.78 is 39.4. The molecule has 2 aromatic heterocycles. The average molecular weight is 895 g/mol. The van der Waals surface area contributed by atoms with E-state index in [1.54, 1.807) is 0 Å². The zero-order valence-electron chi connectivity index (χ0n) is 39.6. The number of rotatable bonds is 5. The van der Waals surface area contributed by atoms with E-state index in [0.717, 1.165) is 107 Å². The minimum Gasteiger partial charge on any atom is -0.468 e. The van der Waals surface area contributed by atoms with Gasteiger partial charge in [-0.1, -0.05) is 128 Å². The molecule has 0 bridgehead atoms. The van der Waals surface area contributed by atoms with Gasteiger partial charge in [0.15, 0.2) is 23.0 Å². The summed E-state index contributed by atoms with van der Waals surface area (Å²) in [6.07, 6.45) is 0. The Bertz CT molecular complexity index is 3310. The maximum absolute atomic E-state index is 7.39. The molecule has 7 aromatic carbocycles. The van der Waals surface area contributed by atoms with E-state index in [-0.39, 0.29) is 30.3 Å². The van der Waals surface area contributed by atoms with Crippen molar-refractivity contribution in [3.8, 4) is 45.3 Å². The zero-order chi connectivity index (χ0) is 46.4. The van der Waals surface area contributed by atoms with Crippen molar-refractivity contribution in [1.29, 1.82) is 0 Å². The molecular weight excluding hydrogens is 843 g/mol. The van der Waals surface area contributed by atoms with Crippen molar-refractivity contribution in [3.63, 3.8) is 0 Å². The summed E-state index contributed by atoms with van der Waals surface area (Å²) in [5.41, 5.74) is 17.8. The van der Waals surface area contributed by atoms with Crippen LogP contribution in [0.2, 0.25) is 0 Å². The van der Waals surface area contributed by atoms with E-state index < -0.39 is 6.71 Å². The zero-order valence-corrected chi connectivity index (χ0v) is 39.6. The molecule has 0 radical (unpaired) electrons. The SMILES string of the molecule is CC(C)c1cc2c3c(c1)N(c1cc4c(cc1-c1ccccc1)OCO4)c1c(oc4ccc(C(C)(C)C)cc14)B3c1oc3ccc(C(C)(C)C)cc3c1N2c1cc2c(cc1-c1ccccc1)OCO2. The van der Waals surface area contributed by atoms with E-state index in [4.69, 9.17) is 27.8 Å². The van der Waals surface area contributed by atoms with Crippen LogP contribution in [-0.2, 0) is 10.8 Å². The summed E-state index contributed by atoms with van der Waals surface area (Å²) in [6, 6.07) is 47.9. The Morgan fingerprint density at radius 2 is 0.882 bits per heavy atom. The summed E-state index contributed by atoms with van der Waals surface area (Å²) >= 11 is 0. The molecule has 4 aliphatic rings. The number of benzene rings is 7. The van der Waals surface area contributed by atoms with Crippen LogP contribution in [0.3, 0.4) is 0 Å². The van der Waals surface area contributed by atoms with Crippen LogP contribution in [0.15, 0.2) is 142 Å². The summed E-state index contributed by atoms with van der Waals surface area (Å²) in [7, 11) is 0. The van der Waals surface area contributed by atoms with Crippen LogP contribution in [0.5, 0.6) is 23.0 Å². The van der Waals surface area contributed by atoms with Crippen molar-refractivity contribution in [2.24, 2.45) is 0 Å². The van der Waals surface area contributed by atoms with Crippen LogP contribution in [0.1, 0.15) is 78.0 Å². The highest BCUT2D eigenvalue weighted by Crippen LogP contribution is 2.55. The molecule has 6 heterocycles. The first-order valence-electron chi connectivity index (χ1n) is 23.7. The Labute approximate surface area is 396 Å². The fraction of sp³-hybridized carbons (Fsp3) is 0.220. The van der Waals surface area contributed by atoms with Gasteiger partial charge in [0.2, 0.25) is 13.6 Å². The minimum absolute atomic E-state index is 0.120. The molecule has 0 fully saturated rings. The number of nitrogens with zero attached hydrogens (tertiary/aromatic N) is 2. The van der Waals surface area contributed by atoms with Crippen LogP contribution in [0, 0.1) is 0 Å². The second-order valence-corrected chi connectivity index (χ2v) is 21.0. The van der Waals surface area contributed by atoms with E-state index in [1.165, 1.54) is 16.7 Å². The monoisotopic (exact) mass is 894 g/mol. The molecule has 336 valence electrons. The number of fused-ring (bicyclic) bond motifs is 10. The second-order valence-electron chi connectivity index (χ2n) is 21.0. The van der Waals surface area contributed by atoms with Gasteiger partial charge in [-0.15, -0.1) is 0 Å². The minimum atomic E-state index is -0.418. The van der Waals surface area contributed by atoms with E-state index in [1.807, 2.05) is 0 Å². The lowest BCUT2D eigenvalue weighted by atomic mass is 9.37. The van der Waals surface area contributed by atoms with Crippen molar-refractivity contribution < 1.29 is 27.8 Å². The van der Waals surface area contributed by atoms with Crippen LogP contribution in [0.4, 0.5) is 34.1 Å². The van der Waals surface area contributed by atoms with Crippen molar-refractivity contribution >= 4 is 79.6 Å². The topological polar surface area (TPSA) is 69.7 Å². The Morgan fingerprint density at radius 1 is 0.471 bits per heavy atom. The van der Waals surface area contributed by atoms with Gasteiger partial charge in [-0.05, 0) is 98.6 Å². The summed E-state index contributed by atoms with van der Waals surface area (Å²) in [6.45, 7) is 18.0. The predicted molar refractivity (Wildman–Crippen MR) is 275 cm³/mol. The molecule has 0 aliphatic carbocycles. The van der Waals surface area contributed by atoms with Gasteiger partial charge in [-0.25, -0.2) is 0 Å². The van der Waals surface area contributed by atoms with E-state index in [0.29, 0.717) is 11.5 Å². The highest BCUT2D eigenvalue weighted by molar-refractivity contribution is 6.99. The number of anilines is 6. The van der Waals surface area contributed by atoms with Gasteiger partial charge in [-0.3, -0.25) is 0 Å². The first-order chi connectivity index (χ1) is 32.8. The van der Waals surface area contributed by atoms with E-state index in [9.17, 15) is 0 Å². The van der Waals surface area contributed by atoms with Crippen LogP contribution in [-0.4, -0.2) is 20.3 Å². The lowest BCUT2D eigenvalue weighted by Gasteiger charge is -2.42. The molecule has 4 aliphatic heterocycles. The maximum atomic E-state index is 7.39. The van der Waals surface area contributed by atoms with E-state index >= 15 is 0 Å². The molecule has 0 spiro atoms. The third-order valence-electron chi connectivity index (χ3n) is 14.3. The Hall–Kier alpha value is -7.52. The first-order valence-corrected chi connectivity index (χ1v) is 23.7. The van der Waals surface area contributed by atoms with Crippen molar-refractivity contribution in [2.75, 3.05) is 23.4 Å². The standard InChI is InChI=1S/C59H51BN2O6/c1-33(2)36-23-45-53-46(24-36)62(44-30-52-50(64-32-66-52)28-40(44)35-17-13-10-14-18-35)55-42-26-38(59(6,7)8)20-22-48(42)68-57(55)60(53)56-54(41-25-37(58(3,4)5)19-21-47(41)67-56)61(45)43-29-51-49(63-31-65-51)27-39(43)34-15-11-9-12-16-34/h9-30,33H,31-32H2,1-8H3. The molecule has 0 N–H and O–H groups in total. The molecule has 68 heavy (non-hydrogen) atoms. The largest absolute Gasteiger partial charge is 0.468 e. The van der Waals surface area contributed by atoms with Gasteiger partial charge < -0.3 is 37.6 Å². The lowest BCUT2D eigenvalue weighted by molar-refractivity contribution is 0.173. The summed E-state index contributed by atoms with van der Waals surface area (Å²) in [5.74, 6) is 3.00. The molecule has 0 saturated heterocycles. The first kappa shape index (κ1) is 40.7. The Morgan fingerprint density at radius 3 is 1.28 bits per heavy atom. The van der Waals surface area contributed by atoms with Gasteiger partial charge >= 0.3 is 6.71 Å². The highest BCUT2D eigenvalue weighted by Gasteiger charge is 2.51. The molecule has 9 aromatic rings. The summed E-state index contributed by atoms with van der Waals surface area (Å²) in [4.78, 5) is 4.89. The fourth-order valence-corrected chi connectivity index (χ4v) is 10.7. The third kappa shape index (κ3) is 6.07. The van der Waals surface area contributed by atoms with Gasteiger partial charge in [0.05, 0.1) is 22.7 Å². The van der Waals surface area contributed by atoms with Crippen LogP contribution >= 0.6 is 0 Å². The van der Waals surface area contributed by atoms with Crippen LogP contribution < -0.4 is 45.5 Å². The van der Waals surface area contributed by atoms with Crippen molar-refractivity contribution in [2.45, 2.75) is 72.1 Å². The number of furan rings is 2. The predicted octanol–water partition coefficient (Wildman–Crippen LogP) is 13.8. The highest BCUT2D eigenvalue weighted by atomic mass is 16.7. The third-order valence-corrected chi connectivity index (χ3v) is 14.3.